The van der Waals surface area contributed by atoms with E-state index in [4.69, 9.17) is 25.9 Å². The Balaban J connectivity index is 1.43. The third-order valence-electron chi connectivity index (χ3n) is 4.60. The average Bonchev–Trinajstić information content (AvgIpc) is 3.35. The van der Waals surface area contributed by atoms with E-state index in [-0.39, 0.29) is 18.2 Å². The van der Waals surface area contributed by atoms with Gasteiger partial charge in [-0.25, -0.2) is 0 Å². The Morgan fingerprint density at radius 1 is 1.29 bits per heavy atom. The first-order valence-electron chi connectivity index (χ1n) is 8.24. The van der Waals surface area contributed by atoms with Crippen LogP contribution in [0.2, 0.25) is 4.34 Å². The average molecular weight is 371 g/mol. The molecule has 2 saturated heterocycles. The number of carbonyl (C=O) groups is 1. The minimum Gasteiger partial charge on any atom is -0.382 e. The van der Waals surface area contributed by atoms with Gasteiger partial charge in [0.1, 0.15) is 5.71 Å². The summed E-state index contributed by atoms with van der Waals surface area (Å²) in [5.74, 6) is -0.0276. The Kier molecular flexibility index (Phi) is 4.76. The minimum atomic E-state index is -0.567. The van der Waals surface area contributed by atoms with Crippen LogP contribution in [0.25, 0.3) is 0 Å². The molecule has 2 fully saturated rings. The molecule has 0 N–H and O–H groups in total. The molecule has 0 aliphatic carbocycles. The van der Waals surface area contributed by atoms with E-state index in [0.29, 0.717) is 30.5 Å². The quantitative estimate of drug-likeness (QED) is 0.820. The standard InChI is InChI=1S/C16H19ClN2O4S/c17-14-5-4-13(24-14)10-9-12(23-18-10)15(20)19-6-2-1-3-11(19)16-21-7-8-22-16/h4-5,11-12,16H,1-3,6-9H2. The van der Waals surface area contributed by atoms with Gasteiger partial charge in [0.05, 0.1) is 28.5 Å². The molecule has 1 aromatic heterocycles. The molecule has 4 heterocycles. The molecule has 2 unspecified atom stereocenters. The van der Waals surface area contributed by atoms with Gasteiger partial charge in [-0.3, -0.25) is 4.79 Å². The highest BCUT2D eigenvalue weighted by molar-refractivity contribution is 7.18. The molecule has 3 aliphatic rings. The van der Waals surface area contributed by atoms with Gasteiger partial charge in [-0.1, -0.05) is 16.8 Å². The second kappa shape index (κ2) is 7.00. The molecule has 8 heteroatoms. The number of piperidine rings is 1. The van der Waals surface area contributed by atoms with Crippen molar-refractivity contribution in [3.8, 4) is 0 Å². The van der Waals surface area contributed by atoms with Crippen molar-refractivity contribution in [1.82, 2.24) is 4.90 Å². The molecule has 0 bridgehead atoms. The first-order valence-corrected chi connectivity index (χ1v) is 9.44. The van der Waals surface area contributed by atoms with Gasteiger partial charge in [-0.15, -0.1) is 11.3 Å². The number of halogens is 1. The van der Waals surface area contributed by atoms with Crippen LogP contribution in [0.1, 0.15) is 30.6 Å². The number of thiophene rings is 1. The molecular formula is C16H19ClN2O4S. The van der Waals surface area contributed by atoms with Crippen molar-refractivity contribution in [2.45, 2.75) is 44.1 Å². The van der Waals surface area contributed by atoms with Crippen LogP contribution < -0.4 is 0 Å². The fourth-order valence-corrected chi connectivity index (χ4v) is 4.46. The Hall–Kier alpha value is -1.15. The smallest absolute Gasteiger partial charge is 0.267 e. The Bertz CT molecular complexity index is 644. The first-order chi connectivity index (χ1) is 11.7. The molecule has 2 atom stereocenters. The molecule has 1 amide bonds. The summed E-state index contributed by atoms with van der Waals surface area (Å²) in [7, 11) is 0. The summed E-state index contributed by atoms with van der Waals surface area (Å²) in [5, 5.41) is 4.10. The SMILES string of the molecule is O=C(C1CC(c2ccc(Cl)s2)=NO1)N1CCCCC1C1OCCO1. The molecule has 0 aromatic carbocycles. The molecule has 0 saturated carbocycles. The molecule has 1 aromatic rings. The summed E-state index contributed by atoms with van der Waals surface area (Å²) in [6, 6.07) is 3.71. The van der Waals surface area contributed by atoms with Crippen molar-refractivity contribution >= 4 is 34.6 Å². The van der Waals surface area contributed by atoms with Crippen molar-refractivity contribution in [2.24, 2.45) is 5.16 Å². The molecule has 6 nitrogen and oxygen atoms in total. The monoisotopic (exact) mass is 370 g/mol. The van der Waals surface area contributed by atoms with E-state index in [2.05, 4.69) is 5.16 Å². The van der Waals surface area contributed by atoms with Crippen LogP contribution in [0, 0.1) is 0 Å². The van der Waals surface area contributed by atoms with Crippen molar-refractivity contribution in [3.05, 3.63) is 21.3 Å². The predicted octanol–water partition coefficient (Wildman–Crippen LogP) is 2.65. The van der Waals surface area contributed by atoms with Gasteiger partial charge >= 0.3 is 0 Å². The second-order valence-corrected chi connectivity index (χ2v) is 7.86. The van der Waals surface area contributed by atoms with Gasteiger partial charge in [-0.05, 0) is 31.4 Å². The van der Waals surface area contributed by atoms with Gasteiger partial charge in [0.15, 0.2) is 6.29 Å². The maximum atomic E-state index is 12.9. The van der Waals surface area contributed by atoms with E-state index >= 15 is 0 Å². The Morgan fingerprint density at radius 3 is 2.88 bits per heavy atom. The lowest BCUT2D eigenvalue weighted by atomic mass is 10.00. The van der Waals surface area contributed by atoms with Crippen LogP contribution in [0.5, 0.6) is 0 Å². The van der Waals surface area contributed by atoms with Gasteiger partial charge in [0, 0.05) is 13.0 Å². The number of oxime groups is 1. The van der Waals surface area contributed by atoms with E-state index in [9.17, 15) is 4.79 Å². The van der Waals surface area contributed by atoms with Crippen LogP contribution in [-0.2, 0) is 19.1 Å². The highest BCUT2D eigenvalue weighted by Gasteiger charge is 2.41. The Labute approximate surface area is 149 Å². The van der Waals surface area contributed by atoms with E-state index in [0.717, 1.165) is 29.9 Å². The summed E-state index contributed by atoms with van der Waals surface area (Å²) in [4.78, 5) is 21.2. The lowest BCUT2D eigenvalue weighted by molar-refractivity contribution is -0.160. The normalized spacial score (nSPS) is 28.0. The van der Waals surface area contributed by atoms with Gasteiger partial charge in [-0.2, -0.15) is 0 Å². The van der Waals surface area contributed by atoms with Crippen molar-refractivity contribution in [1.29, 1.82) is 0 Å². The molecule has 0 spiro atoms. The van der Waals surface area contributed by atoms with Crippen LogP contribution in [-0.4, -0.2) is 54.7 Å². The van der Waals surface area contributed by atoms with E-state index in [1.54, 1.807) is 0 Å². The summed E-state index contributed by atoms with van der Waals surface area (Å²) in [5.41, 5.74) is 0.784. The third-order valence-corrected chi connectivity index (χ3v) is 5.88. The minimum absolute atomic E-state index is 0.0276. The Morgan fingerprint density at radius 2 is 2.12 bits per heavy atom. The lowest BCUT2D eigenvalue weighted by Gasteiger charge is -2.38. The van der Waals surface area contributed by atoms with Crippen molar-refractivity contribution in [3.63, 3.8) is 0 Å². The van der Waals surface area contributed by atoms with Gasteiger partial charge < -0.3 is 19.2 Å². The lowest BCUT2D eigenvalue weighted by Crippen LogP contribution is -2.53. The zero-order valence-corrected chi connectivity index (χ0v) is 14.7. The number of nitrogens with zero attached hydrogens (tertiary/aromatic N) is 2. The van der Waals surface area contributed by atoms with Crippen molar-refractivity contribution in [2.75, 3.05) is 19.8 Å². The van der Waals surface area contributed by atoms with E-state index in [1.807, 2.05) is 17.0 Å². The number of hydrogen-bond acceptors (Lipinski definition) is 6. The third kappa shape index (κ3) is 3.18. The van der Waals surface area contributed by atoms with E-state index in [1.165, 1.54) is 11.3 Å². The molecule has 3 aliphatic heterocycles. The van der Waals surface area contributed by atoms with Gasteiger partial charge in [0.25, 0.3) is 5.91 Å². The number of ether oxygens (including phenoxy) is 2. The summed E-state index contributed by atoms with van der Waals surface area (Å²) >= 11 is 7.42. The maximum Gasteiger partial charge on any atom is 0.267 e. The number of likely N-dealkylation sites (tertiary alicyclic amines) is 1. The van der Waals surface area contributed by atoms with Crippen LogP contribution in [0.4, 0.5) is 0 Å². The summed E-state index contributed by atoms with van der Waals surface area (Å²) in [6.45, 7) is 1.90. The molecule has 4 rings (SSSR count). The predicted molar refractivity (Wildman–Crippen MR) is 90.4 cm³/mol. The zero-order chi connectivity index (χ0) is 16.5. The number of amides is 1. The summed E-state index contributed by atoms with van der Waals surface area (Å²) in [6.07, 6.45) is 2.58. The molecule has 24 heavy (non-hydrogen) atoms. The van der Waals surface area contributed by atoms with Gasteiger partial charge in [0.2, 0.25) is 6.10 Å². The first kappa shape index (κ1) is 16.3. The van der Waals surface area contributed by atoms with Crippen LogP contribution in [0.15, 0.2) is 17.3 Å². The number of hydrogen-bond donors (Lipinski definition) is 0. The highest BCUT2D eigenvalue weighted by Crippen LogP contribution is 2.29. The molecule has 130 valence electrons. The topological polar surface area (TPSA) is 60.4 Å². The largest absolute Gasteiger partial charge is 0.382 e. The number of rotatable bonds is 3. The summed E-state index contributed by atoms with van der Waals surface area (Å²) < 4.78 is 12.0. The van der Waals surface area contributed by atoms with Crippen LogP contribution in [0.3, 0.4) is 0 Å². The van der Waals surface area contributed by atoms with Crippen LogP contribution >= 0.6 is 22.9 Å². The highest BCUT2D eigenvalue weighted by atomic mass is 35.5. The second-order valence-electron chi connectivity index (χ2n) is 6.14. The fraction of sp³-hybridized carbons (Fsp3) is 0.625. The fourth-order valence-electron chi connectivity index (χ4n) is 3.42. The zero-order valence-electron chi connectivity index (χ0n) is 13.2. The maximum absolute atomic E-state index is 12.9. The number of carbonyl (C=O) groups excluding carboxylic acids is 1. The van der Waals surface area contributed by atoms with E-state index < -0.39 is 6.10 Å². The molecular weight excluding hydrogens is 352 g/mol. The molecule has 0 radical (unpaired) electrons. The van der Waals surface area contributed by atoms with Crippen molar-refractivity contribution < 1.29 is 19.1 Å².